The molecule has 1 N–H and O–H groups in total. The van der Waals surface area contributed by atoms with Crippen LogP contribution in [-0.4, -0.2) is 38.5 Å². The first-order valence-corrected chi connectivity index (χ1v) is 9.66. The molecule has 2 aromatic carbocycles. The van der Waals surface area contributed by atoms with E-state index in [1.54, 1.807) is 18.2 Å². The Morgan fingerprint density at radius 3 is 2.58 bits per heavy atom. The van der Waals surface area contributed by atoms with Crippen molar-refractivity contribution < 1.29 is 22.7 Å². The number of rotatable bonds is 3. The van der Waals surface area contributed by atoms with Crippen molar-refractivity contribution in [1.29, 1.82) is 0 Å². The van der Waals surface area contributed by atoms with Crippen LogP contribution in [-0.2, 0) is 14.8 Å². The van der Waals surface area contributed by atoms with Gasteiger partial charge < -0.3 is 14.8 Å². The number of carbonyl (C=O) groups excluding carboxylic acids is 1. The van der Waals surface area contributed by atoms with Crippen LogP contribution in [0, 0.1) is 6.92 Å². The number of benzene rings is 2. The molecular formula is C18H18N2O5S. The van der Waals surface area contributed by atoms with Gasteiger partial charge in [0, 0.05) is 19.2 Å². The van der Waals surface area contributed by atoms with Gasteiger partial charge in [-0.1, -0.05) is 29.8 Å². The Bertz CT molecular complexity index is 956. The van der Waals surface area contributed by atoms with Crippen molar-refractivity contribution >= 4 is 15.9 Å². The number of piperazine rings is 1. The van der Waals surface area contributed by atoms with E-state index >= 15 is 0 Å². The summed E-state index contributed by atoms with van der Waals surface area (Å²) in [5.74, 6) is 0.569. The first-order valence-electron chi connectivity index (χ1n) is 8.22. The van der Waals surface area contributed by atoms with Crippen molar-refractivity contribution in [3.63, 3.8) is 0 Å². The van der Waals surface area contributed by atoms with Gasteiger partial charge in [0.2, 0.25) is 22.7 Å². The number of hydrogen-bond donors (Lipinski definition) is 1. The molecule has 0 aliphatic carbocycles. The summed E-state index contributed by atoms with van der Waals surface area (Å²) in [6.45, 7) is 2.47. The number of carbonyl (C=O) groups is 1. The molecule has 1 amide bonds. The summed E-state index contributed by atoms with van der Waals surface area (Å²) in [6, 6.07) is 10.9. The van der Waals surface area contributed by atoms with Crippen LogP contribution < -0.4 is 14.8 Å². The standard InChI is InChI=1S/C18H18N2O5S/c1-12-2-4-13(5-3-12)17-18(21)19-8-9-20(17)26(22,23)14-6-7-15-16(10-14)25-11-24-15/h2-7,10,17H,8-9,11H2,1H3,(H,19,21). The van der Waals surface area contributed by atoms with Gasteiger partial charge in [0.25, 0.3) is 0 Å². The Kier molecular flexibility index (Phi) is 4.08. The topological polar surface area (TPSA) is 84.9 Å². The summed E-state index contributed by atoms with van der Waals surface area (Å²) in [5, 5.41) is 2.75. The summed E-state index contributed by atoms with van der Waals surface area (Å²) in [4.78, 5) is 12.6. The lowest BCUT2D eigenvalue weighted by atomic mass is 10.0. The quantitative estimate of drug-likeness (QED) is 0.882. The number of ether oxygens (including phenoxy) is 2. The molecule has 2 aromatic rings. The van der Waals surface area contributed by atoms with Crippen molar-refractivity contribution in [2.24, 2.45) is 0 Å². The fourth-order valence-electron chi connectivity index (χ4n) is 3.14. The van der Waals surface area contributed by atoms with Crippen LogP contribution in [0.1, 0.15) is 17.2 Å². The summed E-state index contributed by atoms with van der Waals surface area (Å²) < 4.78 is 38.2. The number of nitrogens with zero attached hydrogens (tertiary/aromatic N) is 1. The van der Waals surface area contributed by atoms with Crippen LogP contribution in [0.4, 0.5) is 0 Å². The van der Waals surface area contributed by atoms with E-state index in [2.05, 4.69) is 5.32 Å². The number of fused-ring (bicyclic) bond motifs is 1. The van der Waals surface area contributed by atoms with Crippen molar-refractivity contribution in [2.45, 2.75) is 17.9 Å². The van der Waals surface area contributed by atoms with Gasteiger partial charge in [-0.15, -0.1) is 0 Å². The molecule has 2 aliphatic heterocycles. The molecule has 1 atom stereocenters. The lowest BCUT2D eigenvalue weighted by Crippen LogP contribution is -2.52. The third kappa shape index (κ3) is 2.81. The molecule has 2 aliphatic rings. The molecule has 1 unspecified atom stereocenters. The maximum Gasteiger partial charge on any atom is 0.244 e. The minimum Gasteiger partial charge on any atom is -0.454 e. The van der Waals surface area contributed by atoms with Crippen molar-refractivity contribution in [3.05, 3.63) is 53.6 Å². The van der Waals surface area contributed by atoms with E-state index in [4.69, 9.17) is 9.47 Å². The molecule has 0 spiro atoms. The van der Waals surface area contributed by atoms with Crippen LogP contribution in [0.2, 0.25) is 0 Å². The number of nitrogens with one attached hydrogen (secondary N) is 1. The summed E-state index contributed by atoms with van der Waals surface area (Å²) in [7, 11) is -3.89. The number of hydrogen-bond acceptors (Lipinski definition) is 5. The van der Waals surface area contributed by atoms with Crippen molar-refractivity contribution in [3.8, 4) is 11.5 Å². The van der Waals surface area contributed by atoms with Crippen LogP contribution in [0.3, 0.4) is 0 Å². The summed E-state index contributed by atoms with van der Waals surface area (Å²) >= 11 is 0. The van der Waals surface area contributed by atoms with E-state index in [0.717, 1.165) is 5.56 Å². The number of amides is 1. The van der Waals surface area contributed by atoms with Crippen molar-refractivity contribution in [2.75, 3.05) is 19.9 Å². The molecule has 26 heavy (non-hydrogen) atoms. The molecule has 7 nitrogen and oxygen atoms in total. The Morgan fingerprint density at radius 2 is 1.81 bits per heavy atom. The highest BCUT2D eigenvalue weighted by molar-refractivity contribution is 7.89. The van der Waals surface area contributed by atoms with Gasteiger partial charge in [0.1, 0.15) is 6.04 Å². The normalized spacial score (nSPS) is 20.0. The largest absolute Gasteiger partial charge is 0.454 e. The molecule has 1 fully saturated rings. The monoisotopic (exact) mass is 374 g/mol. The highest BCUT2D eigenvalue weighted by atomic mass is 32.2. The molecule has 0 radical (unpaired) electrons. The molecular weight excluding hydrogens is 356 g/mol. The molecule has 1 saturated heterocycles. The molecule has 4 rings (SSSR count). The molecule has 0 bridgehead atoms. The van der Waals surface area contributed by atoms with E-state index in [1.807, 2.05) is 19.1 Å². The average molecular weight is 374 g/mol. The van der Waals surface area contributed by atoms with Crippen LogP contribution in [0.25, 0.3) is 0 Å². The average Bonchev–Trinajstić information content (AvgIpc) is 3.10. The van der Waals surface area contributed by atoms with E-state index in [9.17, 15) is 13.2 Å². The van der Waals surface area contributed by atoms with Gasteiger partial charge >= 0.3 is 0 Å². The maximum atomic E-state index is 13.2. The van der Waals surface area contributed by atoms with E-state index < -0.39 is 16.1 Å². The van der Waals surface area contributed by atoms with Crippen LogP contribution in [0.15, 0.2) is 47.4 Å². The highest BCUT2D eigenvalue weighted by Gasteiger charge is 2.39. The van der Waals surface area contributed by atoms with Crippen LogP contribution in [0.5, 0.6) is 11.5 Å². The SMILES string of the molecule is Cc1ccc(C2C(=O)NCCN2S(=O)(=O)c2ccc3c(c2)OCO3)cc1. The summed E-state index contributed by atoms with van der Waals surface area (Å²) in [6.07, 6.45) is 0. The lowest BCUT2D eigenvalue weighted by Gasteiger charge is -2.34. The van der Waals surface area contributed by atoms with E-state index in [-0.39, 0.29) is 30.7 Å². The Labute approximate surface area is 151 Å². The second-order valence-electron chi connectivity index (χ2n) is 6.24. The first-order chi connectivity index (χ1) is 12.5. The second-order valence-corrected chi connectivity index (χ2v) is 8.13. The molecule has 136 valence electrons. The zero-order valence-corrected chi connectivity index (χ0v) is 15.0. The second kappa shape index (κ2) is 6.30. The smallest absolute Gasteiger partial charge is 0.244 e. The maximum absolute atomic E-state index is 13.2. The van der Waals surface area contributed by atoms with Gasteiger partial charge in [-0.2, -0.15) is 4.31 Å². The van der Waals surface area contributed by atoms with Gasteiger partial charge in [-0.3, -0.25) is 4.79 Å². The number of sulfonamides is 1. The fraction of sp³-hybridized carbons (Fsp3) is 0.278. The highest BCUT2D eigenvalue weighted by Crippen LogP contribution is 2.36. The van der Waals surface area contributed by atoms with E-state index in [1.165, 1.54) is 16.4 Å². The Morgan fingerprint density at radius 1 is 1.08 bits per heavy atom. The Hall–Kier alpha value is -2.58. The minimum absolute atomic E-state index is 0.0664. The van der Waals surface area contributed by atoms with Gasteiger partial charge in [-0.25, -0.2) is 8.42 Å². The first kappa shape index (κ1) is 16.9. The van der Waals surface area contributed by atoms with Crippen molar-refractivity contribution in [1.82, 2.24) is 9.62 Å². The Balaban J connectivity index is 1.75. The zero-order valence-electron chi connectivity index (χ0n) is 14.1. The van der Waals surface area contributed by atoms with E-state index in [0.29, 0.717) is 17.1 Å². The predicted molar refractivity (Wildman–Crippen MR) is 93.4 cm³/mol. The molecule has 0 aromatic heterocycles. The van der Waals surface area contributed by atoms with Gasteiger partial charge in [-0.05, 0) is 24.6 Å². The third-order valence-corrected chi connectivity index (χ3v) is 6.37. The van der Waals surface area contributed by atoms with Crippen LogP contribution >= 0.6 is 0 Å². The molecule has 2 heterocycles. The minimum atomic E-state index is -3.89. The molecule has 8 heteroatoms. The predicted octanol–water partition coefficient (Wildman–Crippen LogP) is 1.59. The number of aryl methyl sites for hydroxylation is 1. The van der Waals surface area contributed by atoms with Gasteiger partial charge in [0.15, 0.2) is 11.5 Å². The lowest BCUT2D eigenvalue weighted by molar-refractivity contribution is -0.126. The van der Waals surface area contributed by atoms with Gasteiger partial charge in [0.05, 0.1) is 4.90 Å². The molecule has 0 saturated carbocycles. The third-order valence-electron chi connectivity index (χ3n) is 4.51. The fourth-order valence-corrected chi connectivity index (χ4v) is 4.74. The zero-order chi connectivity index (χ0) is 18.3. The summed E-state index contributed by atoms with van der Waals surface area (Å²) in [5.41, 5.74) is 1.67.